The van der Waals surface area contributed by atoms with Gasteiger partial charge in [0.2, 0.25) is 0 Å². The van der Waals surface area contributed by atoms with E-state index < -0.39 is 6.10 Å². The van der Waals surface area contributed by atoms with Gasteiger partial charge >= 0.3 is 0 Å². The molecular formula is C14H20O3. The molecule has 0 aromatic heterocycles. The van der Waals surface area contributed by atoms with Crippen LogP contribution in [0.5, 0.6) is 5.75 Å². The molecule has 1 rings (SSSR count). The Morgan fingerprint density at radius 1 is 1.47 bits per heavy atom. The van der Waals surface area contributed by atoms with Crippen molar-refractivity contribution in [2.45, 2.75) is 25.9 Å². The Labute approximate surface area is 102 Å². The Morgan fingerprint density at radius 2 is 2.24 bits per heavy atom. The van der Waals surface area contributed by atoms with E-state index in [0.29, 0.717) is 12.8 Å². The van der Waals surface area contributed by atoms with Gasteiger partial charge in [-0.2, -0.15) is 0 Å². The van der Waals surface area contributed by atoms with Crippen LogP contribution >= 0.6 is 0 Å². The minimum atomic E-state index is -0.541. The lowest BCUT2D eigenvalue weighted by molar-refractivity contribution is 0.0924. The van der Waals surface area contributed by atoms with E-state index in [2.05, 4.69) is 6.58 Å². The van der Waals surface area contributed by atoms with E-state index in [-0.39, 0.29) is 13.2 Å². The van der Waals surface area contributed by atoms with E-state index in [1.807, 2.05) is 25.1 Å². The van der Waals surface area contributed by atoms with Crippen LogP contribution in [0.25, 0.3) is 6.08 Å². The third-order valence-corrected chi connectivity index (χ3v) is 2.51. The largest absolute Gasteiger partial charge is 0.490 e. The van der Waals surface area contributed by atoms with Crippen LogP contribution in [-0.4, -0.2) is 29.5 Å². The van der Waals surface area contributed by atoms with Crippen molar-refractivity contribution in [1.82, 2.24) is 0 Å². The first kappa shape index (κ1) is 13.7. The van der Waals surface area contributed by atoms with Crippen molar-refractivity contribution in [3.05, 3.63) is 35.9 Å². The van der Waals surface area contributed by atoms with E-state index in [1.54, 1.807) is 6.08 Å². The van der Waals surface area contributed by atoms with Gasteiger partial charge in [0.05, 0.1) is 6.10 Å². The zero-order chi connectivity index (χ0) is 12.7. The molecule has 2 N–H and O–H groups in total. The normalized spacial score (nSPS) is 12.2. The van der Waals surface area contributed by atoms with Crippen LogP contribution in [0, 0.1) is 6.92 Å². The highest BCUT2D eigenvalue weighted by Crippen LogP contribution is 2.21. The fourth-order valence-corrected chi connectivity index (χ4v) is 1.56. The monoisotopic (exact) mass is 236 g/mol. The first-order chi connectivity index (χ1) is 8.17. The van der Waals surface area contributed by atoms with Crippen molar-refractivity contribution in [2.75, 3.05) is 13.2 Å². The average molecular weight is 236 g/mol. The van der Waals surface area contributed by atoms with Gasteiger partial charge in [-0.15, -0.1) is 0 Å². The molecular weight excluding hydrogens is 216 g/mol. The summed E-state index contributed by atoms with van der Waals surface area (Å²) in [4.78, 5) is 0. The minimum absolute atomic E-state index is 0.0967. The van der Waals surface area contributed by atoms with Crippen LogP contribution in [-0.2, 0) is 0 Å². The van der Waals surface area contributed by atoms with Crippen LogP contribution in [0.1, 0.15) is 24.0 Å². The molecule has 1 unspecified atom stereocenters. The second-order valence-electron chi connectivity index (χ2n) is 4.08. The number of hydrogen-bond acceptors (Lipinski definition) is 3. The second kappa shape index (κ2) is 7.09. The van der Waals surface area contributed by atoms with Gasteiger partial charge in [0.15, 0.2) is 0 Å². The van der Waals surface area contributed by atoms with Gasteiger partial charge in [-0.25, -0.2) is 0 Å². The first-order valence-electron chi connectivity index (χ1n) is 5.82. The van der Waals surface area contributed by atoms with Gasteiger partial charge in [-0.3, -0.25) is 0 Å². The molecule has 1 aromatic rings. The lowest BCUT2D eigenvalue weighted by Crippen LogP contribution is -2.18. The van der Waals surface area contributed by atoms with Crippen LogP contribution in [0.2, 0.25) is 0 Å². The summed E-state index contributed by atoms with van der Waals surface area (Å²) in [7, 11) is 0. The predicted molar refractivity (Wildman–Crippen MR) is 69.1 cm³/mol. The number of rotatable bonds is 7. The van der Waals surface area contributed by atoms with Gasteiger partial charge < -0.3 is 14.9 Å². The zero-order valence-corrected chi connectivity index (χ0v) is 10.2. The third-order valence-electron chi connectivity index (χ3n) is 2.51. The average Bonchev–Trinajstić information content (AvgIpc) is 2.34. The van der Waals surface area contributed by atoms with Crippen molar-refractivity contribution >= 4 is 6.08 Å². The van der Waals surface area contributed by atoms with Gasteiger partial charge in [0.1, 0.15) is 12.4 Å². The minimum Gasteiger partial charge on any atom is -0.490 e. The number of ether oxygens (including phenoxy) is 1. The molecule has 0 aliphatic carbocycles. The van der Waals surface area contributed by atoms with Crippen LogP contribution < -0.4 is 4.74 Å². The van der Waals surface area contributed by atoms with Crippen molar-refractivity contribution in [1.29, 1.82) is 0 Å². The van der Waals surface area contributed by atoms with E-state index in [4.69, 9.17) is 9.84 Å². The lowest BCUT2D eigenvalue weighted by Gasteiger charge is -2.13. The van der Waals surface area contributed by atoms with E-state index in [0.717, 1.165) is 16.9 Å². The Balaban J connectivity index is 2.53. The summed E-state index contributed by atoms with van der Waals surface area (Å²) in [5.74, 6) is 0.730. The Morgan fingerprint density at radius 3 is 2.88 bits per heavy atom. The maximum absolute atomic E-state index is 9.60. The molecule has 0 heterocycles. The SMILES string of the molecule is C=Cc1cc(C)ccc1OCC(O)CCCO. The van der Waals surface area contributed by atoms with Crippen molar-refractivity contribution in [3.8, 4) is 5.75 Å². The Hall–Kier alpha value is -1.32. The number of hydrogen-bond donors (Lipinski definition) is 2. The molecule has 0 saturated carbocycles. The Kier molecular flexibility index (Phi) is 5.73. The van der Waals surface area contributed by atoms with Crippen molar-refractivity contribution in [2.24, 2.45) is 0 Å². The molecule has 0 fully saturated rings. The molecule has 3 nitrogen and oxygen atoms in total. The third kappa shape index (κ3) is 4.59. The topological polar surface area (TPSA) is 49.7 Å². The van der Waals surface area contributed by atoms with Crippen LogP contribution in [0.3, 0.4) is 0 Å². The number of aryl methyl sites for hydroxylation is 1. The van der Waals surface area contributed by atoms with Gasteiger partial charge in [-0.1, -0.05) is 24.3 Å². The maximum atomic E-state index is 9.60. The van der Waals surface area contributed by atoms with E-state index in [1.165, 1.54) is 0 Å². The van der Waals surface area contributed by atoms with Crippen molar-refractivity contribution < 1.29 is 14.9 Å². The summed E-state index contributed by atoms with van der Waals surface area (Å²) in [6.45, 7) is 6.08. The van der Waals surface area contributed by atoms with E-state index >= 15 is 0 Å². The number of aliphatic hydroxyl groups is 2. The maximum Gasteiger partial charge on any atom is 0.126 e. The molecule has 1 atom stereocenters. The molecule has 0 saturated heterocycles. The highest BCUT2D eigenvalue weighted by atomic mass is 16.5. The molecule has 0 spiro atoms. The lowest BCUT2D eigenvalue weighted by atomic mass is 10.1. The highest BCUT2D eigenvalue weighted by Gasteiger charge is 2.06. The summed E-state index contributed by atoms with van der Waals surface area (Å²) in [5, 5.41) is 18.2. The molecule has 0 aliphatic rings. The van der Waals surface area contributed by atoms with Gasteiger partial charge in [-0.05, 0) is 31.9 Å². The molecule has 94 valence electrons. The molecule has 0 aliphatic heterocycles. The summed E-state index contributed by atoms with van der Waals surface area (Å²) >= 11 is 0. The number of benzene rings is 1. The smallest absolute Gasteiger partial charge is 0.126 e. The molecule has 0 radical (unpaired) electrons. The molecule has 17 heavy (non-hydrogen) atoms. The van der Waals surface area contributed by atoms with Gasteiger partial charge in [0, 0.05) is 12.2 Å². The quantitative estimate of drug-likeness (QED) is 0.762. The summed E-state index contributed by atoms with van der Waals surface area (Å²) in [5.41, 5.74) is 2.08. The fourth-order valence-electron chi connectivity index (χ4n) is 1.56. The molecule has 3 heteroatoms. The first-order valence-corrected chi connectivity index (χ1v) is 5.82. The summed E-state index contributed by atoms with van der Waals surface area (Å²) in [6, 6.07) is 5.83. The van der Waals surface area contributed by atoms with Gasteiger partial charge in [0.25, 0.3) is 0 Å². The van der Waals surface area contributed by atoms with E-state index in [9.17, 15) is 5.11 Å². The summed E-state index contributed by atoms with van der Waals surface area (Å²) in [6.07, 6.45) is 2.34. The Bertz CT molecular complexity index is 360. The van der Waals surface area contributed by atoms with Crippen molar-refractivity contribution in [3.63, 3.8) is 0 Å². The fraction of sp³-hybridized carbons (Fsp3) is 0.429. The summed E-state index contributed by atoms with van der Waals surface area (Å²) < 4.78 is 5.54. The molecule has 0 amide bonds. The second-order valence-corrected chi connectivity index (χ2v) is 4.08. The van der Waals surface area contributed by atoms with Crippen LogP contribution in [0.15, 0.2) is 24.8 Å². The zero-order valence-electron chi connectivity index (χ0n) is 10.2. The number of aliphatic hydroxyl groups excluding tert-OH is 2. The standard InChI is InChI=1S/C14H20O3/c1-3-12-9-11(2)6-7-14(12)17-10-13(16)5-4-8-15/h3,6-7,9,13,15-16H,1,4-5,8,10H2,2H3. The highest BCUT2D eigenvalue weighted by molar-refractivity contribution is 5.56. The predicted octanol–water partition coefficient (Wildman–Crippen LogP) is 2.15. The molecule has 0 bridgehead atoms. The van der Waals surface area contributed by atoms with Crippen LogP contribution in [0.4, 0.5) is 0 Å². The molecule has 1 aromatic carbocycles.